The molecule has 0 aliphatic rings. The van der Waals surface area contributed by atoms with Crippen molar-refractivity contribution in [2.45, 2.75) is 46.5 Å². The molecule has 7 heteroatoms. The number of nitrogens with zero attached hydrogens (tertiary/aromatic N) is 1. The van der Waals surface area contributed by atoms with Crippen LogP contribution >= 0.6 is 31.9 Å². The molecule has 2 N–H and O–H groups in total. The fraction of sp³-hybridized carbons (Fsp3) is 0.391. The van der Waals surface area contributed by atoms with E-state index in [1.165, 1.54) is 17.8 Å². The Kier molecular flexibility index (Phi) is 8.11. The van der Waals surface area contributed by atoms with Crippen molar-refractivity contribution in [3.8, 4) is 11.5 Å². The second kappa shape index (κ2) is 9.96. The monoisotopic (exact) mass is 538 g/mol. The van der Waals surface area contributed by atoms with Crippen molar-refractivity contribution in [2.24, 2.45) is 10.5 Å². The highest BCUT2D eigenvalue weighted by molar-refractivity contribution is 9.11. The lowest BCUT2D eigenvalue weighted by molar-refractivity contribution is -0.123. The van der Waals surface area contributed by atoms with Gasteiger partial charge in [-0.2, -0.15) is 5.10 Å². The number of hydrogen-bond donors (Lipinski definition) is 2. The van der Waals surface area contributed by atoms with Crippen LogP contribution in [0.3, 0.4) is 0 Å². The molecule has 5 nitrogen and oxygen atoms in total. The summed E-state index contributed by atoms with van der Waals surface area (Å²) in [7, 11) is 0. The normalized spacial score (nSPS) is 12.2. The van der Waals surface area contributed by atoms with Crippen LogP contribution in [0.4, 0.5) is 0 Å². The summed E-state index contributed by atoms with van der Waals surface area (Å²) in [6, 6.07) is 11.1. The number of ether oxygens (including phenoxy) is 1. The second-order valence-electron chi connectivity index (χ2n) is 9.05. The predicted octanol–water partition coefficient (Wildman–Crippen LogP) is 6.16. The van der Waals surface area contributed by atoms with E-state index in [1.807, 2.05) is 12.1 Å². The molecular formula is C23H28Br2N2O3. The van der Waals surface area contributed by atoms with Gasteiger partial charge in [-0.15, -0.1) is 0 Å². The number of hydrogen-bond acceptors (Lipinski definition) is 4. The zero-order valence-electron chi connectivity index (χ0n) is 17.9. The maximum absolute atomic E-state index is 12.0. The molecule has 0 unspecified atom stereocenters. The molecule has 0 bridgehead atoms. The molecule has 0 fully saturated rings. The van der Waals surface area contributed by atoms with Crippen molar-refractivity contribution in [1.29, 1.82) is 0 Å². The lowest BCUT2D eigenvalue weighted by atomic mass is 9.72. The molecule has 0 saturated carbocycles. The Morgan fingerprint density at radius 2 is 1.73 bits per heavy atom. The zero-order chi connectivity index (χ0) is 22.5. The first kappa shape index (κ1) is 24.4. The van der Waals surface area contributed by atoms with Crippen molar-refractivity contribution in [2.75, 3.05) is 6.61 Å². The van der Waals surface area contributed by atoms with Gasteiger partial charge in [0.2, 0.25) is 0 Å². The van der Waals surface area contributed by atoms with Gasteiger partial charge in [-0.3, -0.25) is 4.79 Å². The number of halogens is 2. The Morgan fingerprint density at radius 1 is 1.10 bits per heavy atom. The van der Waals surface area contributed by atoms with E-state index in [9.17, 15) is 9.90 Å². The molecule has 1 amide bonds. The number of carbonyl (C=O) groups excluding carboxylic acids is 1. The average Bonchev–Trinajstić information content (AvgIpc) is 2.62. The molecule has 2 rings (SSSR count). The van der Waals surface area contributed by atoms with Crippen molar-refractivity contribution < 1.29 is 14.6 Å². The van der Waals surface area contributed by atoms with Crippen LogP contribution in [0.15, 0.2) is 50.4 Å². The molecule has 0 aromatic heterocycles. The molecule has 0 aliphatic carbocycles. The van der Waals surface area contributed by atoms with Gasteiger partial charge in [-0.25, -0.2) is 5.43 Å². The van der Waals surface area contributed by atoms with Crippen LogP contribution in [0.1, 0.15) is 52.2 Å². The second-order valence-corrected chi connectivity index (χ2v) is 10.8. The minimum atomic E-state index is -0.374. The van der Waals surface area contributed by atoms with Crippen LogP contribution in [0.25, 0.3) is 0 Å². The van der Waals surface area contributed by atoms with E-state index < -0.39 is 0 Å². The fourth-order valence-electron chi connectivity index (χ4n) is 3.44. The maximum Gasteiger partial charge on any atom is 0.277 e. The number of aromatic hydroxyl groups is 1. The molecule has 0 radical (unpaired) electrons. The Labute approximate surface area is 195 Å². The molecule has 30 heavy (non-hydrogen) atoms. The SMILES string of the molecule is CC(C)(C)CC(C)(C)c1ccc(OCC(=O)N/N=C/c2cc(O)c(Br)cc2Br)cc1. The number of rotatable bonds is 7. The van der Waals surface area contributed by atoms with Gasteiger partial charge in [0.05, 0.1) is 10.7 Å². The minimum Gasteiger partial charge on any atom is -0.507 e. The van der Waals surface area contributed by atoms with Crippen LogP contribution in [-0.2, 0) is 10.2 Å². The van der Waals surface area contributed by atoms with E-state index in [0.717, 1.165) is 10.9 Å². The highest BCUT2D eigenvalue weighted by atomic mass is 79.9. The lowest BCUT2D eigenvalue weighted by Crippen LogP contribution is -2.25. The molecular weight excluding hydrogens is 512 g/mol. The van der Waals surface area contributed by atoms with Crippen LogP contribution in [0.5, 0.6) is 11.5 Å². The summed E-state index contributed by atoms with van der Waals surface area (Å²) in [5, 5.41) is 13.6. The van der Waals surface area contributed by atoms with E-state index in [2.05, 4.69) is 89.1 Å². The summed E-state index contributed by atoms with van der Waals surface area (Å²) in [6.07, 6.45) is 2.51. The summed E-state index contributed by atoms with van der Waals surface area (Å²) in [5.74, 6) is 0.342. The van der Waals surface area contributed by atoms with Gasteiger partial charge in [0.25, 0.3) is 5.91 Å². The summed E-state index contributed by atoms with van der Waals surface area (Å²) >= 11 is 6.61. The standard InChI is InChI=1S/C23H28Br2N2O3/c1-22(2,3)14-23(4,5)16-6-8-17(9-7-16)30-13-21(29)27-26-12-15-10-20(28)19(25)11-18(15)24/h6-12,28H,13-14H2,1-5H3,(H,27,29)/b26-12+. The van der Waals surface area contributed by atoms with Crippen LogP contribution < -0.4 is 10.2 Å². The maximum atomic E-state index is 12.0. The first-order valence-electron chi connectivity index (χ1n) is 9.61. The average molecular weight is 540 g/mol. The third-order valence-electron chi connectivity index (χ3n) is 4.44. The number of carbonyl (C=O) groups is 1. The molecule has 0 atom stereocenters. The van der Waals surface area contributed by atoms with Gasteiger partial charge in [0.15, 0.2) is 6.61 Å². The topological polar surface area (TPSA) is 70.9 Å². The van der Waals surface area contributed by atoms with E-state index in [0.29, 0.717) is 15.8 Å². The minimum absolute atomic E-state index is 0.0542. The molecule has 0 spiro atoms. The number of hydrazone groups is 1. The predicted molar refractivity (Wildman–Crippen MR) is 128 cm³/mol. The summed E-state index contributed by atoms with van der Waals surface area (Å²) in [4.78, 5) is 12.0. The van der Waals surface area contributed by atoms with Crippen molar-refractivity contribution in [3.05, 3.63) is 56.5 Å². The zero-order valence-corrected chi connectivity index (χ0v) is 21.1. The smallest absolute Gasteiger partial charge is 0.277 e. The van der Waals surface area contributed by atoms with Crippen LogP contribution in [-0.4, -0.2) is 23.8 Å². The third kappa shape index (κ3) is 7.43. The van der Waals surface area contributed by atoms with Crippen molar-refractivity contribution in [1.82, 2.24) is 5.43 Å². The Morgan fingerprint density at radius 3 is 2.33 bits per heavy atom. The van der Waals surface area contributed by atoms with Gasteiger partial charge in [-0.05, 0) is 63.0 Å². The van der Waals surface area contributed by atoms with Crippen molar-refractivity contribution in [3.63, 3.8) is 0 Å². The number of phenolic OH excluding ortho intramolecular Hbond substituents is 1. The molecule has 2 aromatic rings. The number of benzene rings is 2. The number of amides is 1. The first-order valence-corrected chi connectivity index (χ1v) is 11.2. The first-order chi connectivity index (χ1) is 13.9. The van der Waals surface area contributed by atoms with Crippen LogP contribution in [0.2, 0.25) is 0 Å². The van der Waals surface area contributed by atoms with Gasteiger partial charge in [0.1, 0.15) is 11.5 Å². The third-order valence-corrected chi connectivity index (χ3v) is 5.76. The van der Waals surface area contributed by atoms with E-state index in [4.69, 9.17) is 4.74 Å². The highest BCUT2D eigenvalue weighted by Gasteiger charge is 2.27. The van der Waals surface area contributed by atoms with E-state index >= 15 is 0 Å². The highest BCUT2D eigenvalue weighted by Crippen LogP contribution is 2.36. The Hall–Kier alpha value is -1.86. The molecule has 2 aromatic carbocycles. The lowest BCUT2D eigenvalue weighted by Gasteiger charge is -2.33. The quantitative estimate of drug-likeness (QED) is 0.327. The summed E-state index contributed by atoms with van der Waals surface area (Å²) in [5.41, 5.74) is 4.58. The van der Waals surface area contributed by atoms with Crippen molar-refractivity contribution >= 4 is 44.0 Å². The van der Waals surface area contributed by atoms with E-state index in [-0.39, 0.29) is 29.1 Å². The molecule has 162 valence electrons. The van der Waals surface area contributed by atoms with Gasteiger partial charge < -0.3 is 9.84 Å². The summed E-state index contributed by atoms with van der Waals surface area (Å²) in [6.45, 7) is 11.1. The Balaban J connectivity index is 1.88. The number of nitrogens with one attached hydrogen (secondary N) is 1. The Bertz CT molecular complexity index is 917. The van der Waals surface area contributed by atoms with Gasteiger partial charge >= 0.3 is 0 Å². The molecule has 0 heterocycles. The fourth-order valence-corrected chi connectivity index (χ4v) is 4.53. The molecule has 0 aliphatic heterocycles. The largest absolute Gasteiger partial charge is 0.507 e. The van der Waals surface area contributed by atoms with Crippen LogP contribution in [0, 0.1) is 5.41 Å². The van der Waals surface area contributed by atoms with Gasteiger partial charge in [-0.1, -0.05) is 62.7 Å². The number of phenols is 1. The van der Waals surface area contributed by atoms with Gasteiger partial charge in [0, 0.05) is 10.0 Å². The molecule has 0 saturated heterocycles. The summed E-state index contributed by atoms with van der Waals surface area (Å²) < 4.78 is 6.86. The van der Waals surface area contributed by atoms with E-state index in [1.54, 1.807) is 6.07 Å².